The molecule has 124 valence electrons. The maximum Gasteiger partial charge on any atom is 0.237 e. The zero-order chi connectivity index (χ0) is 15.4. The number of rotatable bonds is 5. The Balaban J connectivity index is 0.00000242. The van der Waals surface area contributed by atoms with Gasteiger partial charge in [-0.1, -0.05) is 38.1 Å². The second-order valence-electron chi connectivity index (χ2n) is 6.35. The van der Waals surface area contributed by atoms with Gasteiger partial charge in [-0.25, -0.2) is 0 Å². The van der Waals surface area contributed by atoms with Gasteiger partial charge in [-0.05, 0) is 30.4 Å². The van der Waals surface area contributed by atoms with Crippen LogP contribution in [0.5, 0.6) is 0 Å². The fraction of sp³-hybridized carbons (Fsp3) is 0.588. The molecule has 0 spiro atoms. The van der Waals surface area contributed by atoms with Crippen molar-refractivity contribution in [2.75, 3.05) is 13.1 Å². The minimum Gasteiger partial charge on any atom is -0.353 e. The minimum atomic E-state index is -0.417. The van der Waals surface area contributed by atoms with E-state index in [1.807, 2.05) is 13.8 Å². The summed E-state index contributed by atoms with van der Waals surface area (Å²) < 4.78 is 0. The first-order valence-electron chi connectivity index (χ1n) is 7.83. The molecule has 1 aromatic carbocycles. The highest BCUT2D eigenvalue weighted by Gasteiger charge is 2.22. The molecular weight excluding hydrogens is 298 g/mol. The van der Waals surface area contributed by atoms with Gasteiger partial charge >= 0.3 is 0 Å². The molecule has 0 saturated carbocycles. The van der Waals surface area contributed by atoms with E-state index in [4.69, 9.17) is 5.73 Å². The Bertz CT molecular complexity index is 493. The molecule has 1 heterocycles. The molecule has 5 heteroatoms. The number of nitrogens with zero attached hydrogens (tertiary/aromatic N) is 1. The van der Waals surface area contributed by atoms with Gasteiger partial charge in [-0.15, -0.1) is 12.4 Å². The van der Waals surface area contributed by atoms with Gasteiger partial charge in [0.15, 0.2) is 0 Å². The molecule has 2 atom stereocenters. The van der Waals surface area contributed by atoms with E-state index in [0.29, 0.717) is 12.6 Å². The fourth-order valence-corrected chi connectivity index (χ4v) is 2.69. The normalized spacial score (nSPS) is 17.3. The smallest absolute Gasteiger partial charge is 0.237 e. The molecule has 0 fully saturated rings. The number of carbonyl (C=O) groups is 1. The second-order valence-corrected chi connectivity index (χ2v) is 6.35. The first-order chi connectivity index (χ1) is 9.99. The van der Waals surface area contributed by atoms with Crippen molar-refractivity contribution in [3.05, 3.63) is 35.4 Å². The van der Waals surface area contributed by atoms with Crippen LogP contribution >= 0.6 is 12.4 Å². The molecule has 3 N–H and O–H groups in total. The molecule has 0 aromatic heterocycles. The molecule has 0 radical (unpaired) electrons. The summed E-state index contributed by atoms with van der Waals surface area (Å²) in [5.41, 5.74) is 8.72. The van der Waals surface area contributed by atoms with Gasteiger partial charge in [0, 0.05) is 25.7 Å². The Morgan fingerprint density at radius 3 is 2.55 bits per heavy atom. The predicted octanol–water partition coefficient (Wildman–Crippen LogP) is 1.95. The Labute approximate surface area is 139 Å². The van der Waals surface area contributed by atoms with Gasteiger partial charge in [-0.3, -0.25) is 9.69 Å². The van der Waals surface area contributed by atoms with Crippen molar-refractivity contribution in [1.29, 1.82) is 0 Å². The summed E-state index contributed by atoms with van der Waals surface area (Å²) in [4.78, 5) is 14.3. The topological polar surface area (TPSA) is 58.4 Å². The summed E-state index contributed by atoms with van der Waals surface area (Å²) in [6, 6.07) is 8.50. The molecular formula is C17H28ClN3O. The summed E-state index contributed by atoms with van der Waals surface area (Å²) in [5, 5.41) is 2.98. The third-order valence-corrected chi connectivity index (χ3v) is 4.38. The minimum absolute atomic E-state index is 0. The van der Waals surface area contributed by atoms with E-state index in [0.717, 1.165) is 19.5 Å². The number of carbonyl (C=O) groups excluding carboxylic acids is 1. The van der Waals surface area contributed by atoms with Gasteiger partial charge in [0.2, 0.25) is 5.91 Å². The first-order valence-corrected chi connectivity index (χ1v) is 7.83. The van der Waals surface area contributed by atoms with Crippen LogP contribution in [0.15, 0.2) is 24.3 Å². The van der Waals surface area contributed by atoms with Gasteiger partial charge < -0.3 is 11.1 Å². The lowest BCUT2D eigenvalue weighted by Crippen LogP contribution is -2.49. The Hall–Kier alpha value is -1.10. The van der Waals surface area contributed by atoms with Gasteiger partial charge in [0.1, 0.15) is 0 Å². The van der Waals surface area contributed by atoms with Crippen LogP contribution in [0.3, 0.4) is 0 Å². The number of amides is 1. The average Bonchev–Trinajstić information content (AvgIpc) is 2.50. The zero-order valence-electron chi connectivity index (χ0n) is 13.7. The lowest BCUT2D eigenvalue weighted by Gasteiger charge is -2.34. The third kappa shape index (κ3) is 4.70. The Morgan fingerprint density at radius 2 is 1.91 bits per heavy atom. The van der Waals surface area contributed by atoms with Crippen LogP contribution in [0.25, 0.3) is 0 Å². The highest BCUT2D eigenvalue weighted by Crippen LogP contribution is 2.19. The Kier molecular flexibility index (Phi) is 7.33. The average molecular weight is 326 g/mol. The number of halogens is 1. The molecule has 22 heavy (non-hydrogen) atoms. The lowest BCUT2D eigenvalue weighted by molar-refractivity contribution is -0.123. The number of hydrogen-bond acceptors (Lipinski definition) is 3. The van der Waals surface area contributed by atoms with Gasteiger partial charge in [0.05, 0.1) is 6.04 Å². The molecule has 0 aliphatic carbocycles. The molecule has 0 bridgehead atoms. The van der Waals surface area contributed by atoms with Crippen molar-refractivity contribution in [3.63, 3.8) is 0 Å². The number of nitrogens with two attached hydrogens (primary N) is 1. The molecule has 1 aliphatic rings. The van der Waals surface area contributed by atoms with Crippen molar-refractivity contribution >= 4 is 18.3 Å². The van der Waals surface area contributed by atoms with Crippen LogP contribution in [-0.4, -0.2) is 36.0 Å². The summed E-state index contributed by atoms with van der Waals surface area (Å²) in [6.07, 6.45) is 1.08. The van der Waals surface area contributed by atoms with E-state index in [-0.39, 0.29) is 24.2 Å². The molecule has 1 amide bonds. The number of benzene rings is 1. The van der Waals surface area contributed by atoms with Gasteiger partial charge in [-0.2, -0.15) is 0 Å². The van der Waals surface area contributed by atoms with E-state index < -0.39 is 6.04 Å². The maximum atomic E-state index is 11.9. The quantitative estimate of drug-likeness (QED) is 0.870. The van der Waals surface area contributed by atoms with Crippen LogP contribution < -0.4 is 11.1 Å². The molecule has 1 unspecified atom stereocenters. The SMILES string of the molecule is CC(C)[C@H](N)C(=O)NCC(C)N1CCc2ccccc2C1.Cl. The van der Waals surface area contributed by atoms with E-state index in [1.54, 1.807) is 0 Å². The number of nitrogens with one attached hydrogen (secondary N) is 1. The number of fused-ring (bicyclic) bond motifs is 1. The van der Waals surface area contributed by atoms with E-state index >= 15 is 0 Å². The van der Waals surface area contributed by atoms with Crippen molar-refractivity contribution in [3.8, 4) is 0 Å². The summed E-state index contributed by atoms with van der Waals surface area (Å²) >= 11 is 0. The number of hydrogen-bond donors (Lipinski definition) is 2. The van der Waals surface area contributed by atoms with Crippen molar-refractivity contribution in [2.24, 2.45) is 11.7 Å². The maximum absolute atomic E-state index is 11.9. The molecule has 1 aliphatic heterocycles. The molecule has 1 aromatic rings. The summed E-state index contributed by atoms with van der Waals surface area (Å²) in [6.45, 7) is 8.76. The standard InChI is InChI=1S/C17H27N3O.ClH/c1-12(2)16(18)17(21)19-10-13(3)20-9-8-14-6-4-5-7-15(14)11-20;/h4-7,12-13,16H,8-11,18H2,1-3H3,(H,19,21);1H/t13?,16-;/m0./s1. The highest BCUT2D eigenvalue weighted by molar-refractivity contribution is 5.85. The van der Waals surface area contributed by atoms with Crippen LogP contribution in [-0.2, 0) is 17.8 Å². The molecule has 4 nitrogen and oxygen atoms in total. The predicted molar refractivity (Wildman–Crippen MR) is 93.1 cm³/mol. The van der Waals surface area contributed by atoms with Crippen LogP contribution in [0.1, 0.15) is 31.9 Å². The summed E-state index contributed by atoms with van der Waals surface area (Å²) in [7, 11) is 0. The van der Waals surface area contributed by atoms with Crippen molar-refractivity contribution < 1.29 is 4.79 Å². The Morgan fingerprint density at radius 1 is 1.27 bits per heavy atom. The van der Waals surface area contributed by atoms with E-state index in [1.165, 1.54) is 11.1 Å². The third-order valence-electron chi connectivity index (χ3n) is 4.38. The second kappa shape index (κ2) is 8.51. The van der Waals surface area contributed by atoms with Crippen LogP contribution in [0.4, 0.5) is 0 Å². The first kappa shape index (κ1) is 18.9. The monoisotopic (exact) mass is 325 g/mol. The van der Waals surface area contributed by atoms with E-state index in [9.17, 15) is 4.79 Å². The fourth-order valence-electron chi connectivity index (χ4n) is 2.69. The van der Waals surface area contributed by atoms with Crippen LogP contribution in [0, 0.1) is 5.92 Å². The van der Waals surface area contributed by atoms with Gasteiger partial charge in [0.25, 0.3) is 0 Å². The molecule has 0 saturated heterocycles. The highest BCUT2D eigenvalue weighted by atomic mass is 35.5. The van der Waals surface area contributed by atoms with Crippen molar-refractivity contribution in [1.82, 2.24) is 10.2 Å². The largest absolute Gasteiger partial charge is 0.353 e. The lowest BCUT2D eigenvalue weighted by atomic mass is 9.99. The summed E-state index contributed by atoms with van der Waals surface area (Å²) in [5.74, 6) is 0.122. The molecule has 2 rings (SSSR count). The van der Waals surface area contributed by atoms with E-state index in [2.05, 4.69) is 41.4 Å². The van der Waals surface area contributed by atoms with Crippen LogP contribution in [0.2, 0.25) is 0 Å². The zero-order valence-corrected chi connectivity index (χ0v) is 14.5. The van der Waals surface area contributed by atoms with Crippen molar-refractivity contribution in [2.45, 2.75) is 45.8 Å².